The molecule has 3 heteroatoms. The lowest BCUT2D eigenvalue weighted by Gasteiger charge is -2.43. The highest BCUT2D eigenvalue weighted by molar-refractivity contribution is 6.10. The number of nitrogens with zero attached hydrogens (tertiary/aromatic N) is 2. The summed E-state index contributed by atoms with van der Waals surface area (Å²) in [6.45, 7) is 5.35. The third-order valence-electron chi connectivity index (χ3n) is 6.35. The predicted molar refractivity (Wildman–Crippen MR) is 130 cm³/mol. The second-order valence-corrected chi connectivity index (χ2v) is 8.36. The topological polar surface area (TPSA) is 19.6 Å². The summed E-state index contributed by atoms with van der Waals surface area (Å²) in [5.41, 5.74) is 7.95. The van der Waals surface area contributed by atoms with Gasteiger partial charge in [-0.15, -0.1) is 0 Å². The third-order valence-corrected chi connectivity index (χ3v) is 6.35. The Labute approximate surface area is 182 Å². The van der Waals surface area contributed by atoms with E-state index in [1.54, 1.807) is 0 Å². The van der Waals surface area contributed by atoms with E-state index in [4.69, 9.17) is 4.42 Å². The lowest BCUT2D eigenvalue weighted by atomic mass is 10.0. The van der Waals surface area contributed by atoms with Gasteiger partial charge in [0.25, 0.3) is 0 Å². The molecule has 0 fully saturated rings. The maximum absolute atomic E-state index is 6.42. The van der Waals surface area contributed by atoms with Crippen molar-refractivity contribution in [3.8, 4) is 0 Å². The number of para-hydroxylation sites is 4. The summed E-state index contributed by atoms with van der Waals surface area (Å²) in [4.78, 5) is 4.89. The highest BCUT2D eigenvalue weighted by Gasteiger charge is 2.32. The molecule has 3 nitrogen and oxygen atoms in total. The van der Waals surface area contributed by atoms with Crippen LogP contribution >= 0.6 is 0 Å². The summed E-state index contributed by atoms with van der Waals surface area (Å²) in [5.74, 6) is 0. The van der Waals surface area contributed by atoms with Crippen molar-refractivity contribution >= 4 is 44.7 Å². The van der Waals surface area contributed by atoms with Crippen LogP contribution in [0.2, 0.25) is 0 Å². The van der Waals surface area contributed by atoms with Gasteiger partial charge in [-0.3, -0.25) is 0 Å². The van der Waals surface area contributed by atoms with Crippen LogP contribution < -0.4 is 9.80 Å². The maximum Gasteiger partial charge on any atom is 0.159 e. The summed E-state index contributed by atoms with van der Waals surface area (Å²) in [5, 5.41) is 2.34. The first kappa shape index (κ1) is 18.1. The number of furan rings is 1. The molecule has 0 aliphatic carbocycles. The molecule has 0 bridgehead atoms. The summed E-state index contributed by atoms with van der Waals surface area (Å²) >= 11 is 0. The van der Waals surface area contributed by atoms with E-state index >= 15 is 0 Å². The van der Waals surface area contributed by atoms with Gasteiger partial charge in [0.2, 0.25) is 0 Å². The zero-order valence-electron chi connectivity index (χ0n) is 17.7. The molecule has 1 aliphatic rings. The normalized spacial score (nSPS) is 16.1. The number of benzene rings is 4. The quantitative estimate of drug-likeness (QED) is 0.302. The molecule has 1 aliphatic heterocycles. The molecule has 31 heavy (non-hydrogen) atoms. The van der Waals surface area contributed by atoms with Gasteiger partial charge in [0.1, 0.15) is 5.58 Å². The molecule has 0 amide bonds. The summed E-state index contributed by atoms with van der Waals surface area (Å²) < 4.78 is 6.42. The highest BCUT2D eigenvalue weighted by Crippen LogP contribution is 2.47. The molecular weight excluding hydrogens is 380 g/mol. The van der Waals surface area contributed by atoms with Crippen molar-refractivity contribution in [3.05, 3.63) is 96.6 Å². The lowest BCUT2D eigenvalue weighted by Crippen LogP contribution is -2.43. The molecule has 0 radical (unpaired) electrons. The highest BCUT2D eigenvalue weighted by atomic mass is 16.3. The van der Waals surface area contributed by atoms with E-state index in [1.807, 2.05) is 6.07 Å². The van der Waals surface area contributed by atoms with Crippen molar-refractivity contribution in [3.63, 3.8) is 0 Å². The van der Waals surface area contributed by atoms with Crippen LogP contribution in [0.15, 0.2) is 95.4 Å². The molecule has 4 aromatic carbocycles. The number of fused-ring (bicyclic) bond motifs is 4. The predicted octanol–water partition coefficient (Wildman–Crippen LogP) is 7.57. The first-order valence-corrected chi connectivity index (χ1v) is 10.8. The number of hydrogen-bond donors (Lipinski definition) is 0. The van der Waals surface area contributed by atoms with Crippen LogP contribution in [0, 0.1) is 6.92 Å². The van der Waals surface area contributed by atoms with Crippen molar-refractivity contribution in [1.29, 1.82) is 0 Å². The van der Waals surface area contributed by atoms with Crippen LogP contribution in [0.25, 0.3) is 21.9 Å². The largest absolute Gasteiger partial charge is 0.454 e. The molecule has 0 N–H and O–H groups in total. The van der Waals surface area contributed by atoms with Crippen molar-refractivity contribution in [2.45, 2.75) is 19.9 Å². The fourth-order valence-corrected chi connectivity index (χ4v) is 4.98. The Morgan fingerprint density at radius 1 is 0.742 bits per heavy atom. The number of hydrogen-bond acceptors (Lipinski definition) is 3. The fraction of sp³-hybridized carbons (Fsp3) is 0.143. The molecule has 5 aromatic rings. The van der Waals surface area contributed by atoms with Gasteiger partial charge < -0.3 is 14.2 Å². The minimum absolute atomic E-state index is 0.302. The zero-order valence-corrected chi connectivity index (χ0v) is 17.7. The average Bonchev–Trinajstić information content (AvgIpc) is 3.18. The molecule has 6 rings (SSSR count). The van der Waals surface area contributed by atoms with Crippen molar-refractivity contribution in [1.82, 2.24) is 0 Å². The van der Waals surface area contributed by atoms with Crippen molar-refractivity contribution in [2.24, 2.45) is 0 Å². The average molecular weight is 405 g/mol. The van der Waals surface area contributed by atoms with Gasteiger partial charge in [0.05, 0.1) is 17.1 Å². The Kier molecular flexibility index (Phi) is 4.03. The summed E-state index contributed by atoms with van der Waals surface area (Å²) in [6.07, 6.45) is 0. The number of rotatable bonds is 2. The Hall–Kier alpha value is -3.72. The summed E-state index contributed by atoms with van der Waals surface area (Å²) in [6, 6.07) is 32.4. The number of anilines is 4. The van der Waals surface area contributed by atoms with Gasteiger partial charge in [0.15, 0.2) is 5.58 Å². The first-order valence-electron chi connectivity index (χ1n) is 10.8. The Balaban J connectivity index is 1.59. The van der Waals surface area contributed by atoms with Gasteiger partial charge in [-0.25, -0.2) is 0 Å². The second-order valence-electron chi connectivity index (χ2n) is 8.36. The van der Waals surface area contributed by atoms with Gasteiger partial charge in [-0.05, 0) is 49.7 Å². The van der Waals surface area contributed by atoms with Crippen LogP contribution in [-0.4, -0.2) is 12.6 Å². The smallest absolute Gasteiger partial charge is 0.159 e. The van der Waals surface area contributed by atoms with Crippen LogP contribution in [-0.2, 0) is 0 Å². The van der Waals surface area contributed by atoms with E-state index in [0.717, 1.165) is 17.7 Å². The molecule has 0 saturated carbocycles. The van der Waals surface area contributed by atoms with Crippen molar-refractivity contribution in [2.75, 3.05) is 16.3 Å². The van der Waals surface area contributed by atoms with E-state index in [1.165, 1.54) is 39.1 Å². The maximum atomic E-state index is 6.42. The van der Waals surface area contributed by atoms with Crippen molar-refractivity contribution < 1.29 is 4.42 Å². The summed E-state index contributed by atoms with van der Waals surface area (Å²) in [7, 11) is 0. The Bertz CT molecular complexity index is 1400. The minimum atomic E-state index is 0.302. The zero-order chi connectivity index (χ0) is 20.9. The van der Waals surface area contributed by atoms with E-state index < -0.39 is 0 Å². The molecular formula is C28H24N2O. The van der Waals surface area contributed by atoms with Crippen LogP contribution in [0.1, 0.15) is 12.5 Å². The SMILES string of the molecule is Cc1ccc2c(oc3ccccc32)c1N1C[C@H](C)N(c2ccccc2)c2ccccc21. The molecule has 0 unspecified atom stereocenters. The Morgan fingerprint density at radius 2 is 1.45 bits per heavy atom. The van der Waals surface area contributed by atoms with E-state index in [-0.39, 0.29) is 0 Å². The van der Waals surface area contributed by atoms with Gasteiger partial charge in [0, 0.05) is 29.0 Å². The van der Waals surface area contributed by atoms with Gasteiger partial charge in [-0.2, -0.15) is 0 Å². The fourth-order valence-electron chi connectivity index (χ4n) is 4.98. The molecule has 1 atom stereocenters. The molecule has 1 aromatic heterocycles. The monoisotopic (exact) mass is 404 g/mol. The lowest BCUT2D eigenvalue weighted by molar-refractivity contribution is 0.656. The molecule has 0 spiro atoms. The first-order chi connectivity index (χ1) is 15.2. The van der Waals surface area contributed by atoms with Crippen LogP contribution in [0.3, 0.4) is 0 Å². The van der Waals surface area contributed by atoms with E-state index in [0.29, 0.717) is 6.04 Å². The molecule has 0 saturated heterocycles. The molecule has 2 heterocycles. The third kappa shape index (κ3) is 2.73. The van der Waals surface area contributed by atoms with E-state index in [2.05, 4.69) is 109 Å². The standard InChI is InChI=1S/C28H24N2O/c1-19-16-17-23-22-12-6-9-15-26(22)31-28(23)27(19)29-18-20(2)30(21-10-4-3-5-11-21)25-14-8-7-13-24(25)29/h3-17,20H,18H2,1-2H3/t20-/m0/s1. The number of aryl methyl sites for hydroxylation is 1. The minimum Gasteiger partial charge on any atom is -0.454 e. The van der Waals surface area contributed by atoms with Gasteiger partial charge >= 0.3 is 0 Å². The van der Waals surface area contributed by atoms with Crippen LogP contribution in [0.4, 0.5) is 22.7 Å². The van der Waals surface area contributed by atoms with E-state index in [9.17, 15) is 0 Å². The second kappa shape index (κ2) is 6.92. The van der Waals surface area contributed by atoms with Crippen LogP contribution in [0.5, 0.6) is 0 Å². The molecule has 152 valence electrons. The Morgan fingerprint density at radius 3 is 2.29 bits per heavy atom. The van der Waals surface area contributed by atoms with Gasteiger partial charge in [-0.1, -0.05) is 60.7 Å².